The quantitative estimate of drug-likeness (QED) is 0.505. The Morgan fingerprint density at radius 3 is 2.86 bits per heavy atom. The van der Waals surface area contributed by atoms with Crippen molar-refractivity contribution in [3.63, 3.8) is 0 Å². The summed E-state index contributed by atoms with van der Waals surface area (Å²) >= 11 is 1.55. The Morgan fingerprint density at radius 1 is 1.32 bits per heavy atom. The number of hydrogen-bond acceptors (Lipinski definition) is 6. The van der Waals surface area contributed by atoms with Crippen LogP contribution in [0.3, 0.4) is 0 Å². The molecule has 0 unspecified atom stereocenters. The van der Waals surface area contributed by atoms with E-state index >= 15 is 0 Å². The van der Waals surface area contributed by atoms with E-state index in [0.717, 1.165) is 35.4 Å². The van der Waals surface area contributed by atoms with Gasteiger partial charge < -0.3 is 14.2 Å². The fraction of sp³-hybridized carbons (Fsp3) is 0.571. The molecule has 3 heterocycles. The fourth-order valence-corrected chi connectivity index (χ4v) is 4.09. The molecule has 1 atom stereocenters. The summed E-state index contributed by atoms with van der Waals surface area (Å²) in [6.07, 6.45) is 4.60. The Hall–Kier alpha value is -2.02. The van der Waals surface area contributed by atoms with Crippen molar-refractivity contribution in [3.8, 4) is 0 Å². The van der Waals surface area contributed by atoms with Gasteiger partial charge in [0.15, 0.2) is 10.9 Å². The second-order valence-electron chi connectivity index (χ2n) is 7.27. The molecule has 1 aliphatic rings. The summed E-state index contributed by atoms with van der Waals surface area (Å²) in [5.74, 6) is 2.68. The summed E-state index contributed by atoms with van der Waals surface area (Å²) in [5, 5.41) is 0.766. The molecule has 1 fully saturated rings. The van der Waals surface area contributed by atoms with Gasteiger partial charge in [0, 0.05) is 37.9 Å². The van der Waals surface area contributed by atoms with Crippen molar-refractivity contribution < 1.29 is 9.21 Å². The molecule has 0 aromatic carbocycles. The molecule has 28 heavy (non-hydrogen) atoms. The average molecular weight is 403 g/mol. The molecular formula is C21H30N4O2S. The number of aryl methyl sites for hydroxylation is 1. The molecule has 0 aliphatic carbocycles. The number of carbonyl (C=O) groups is 1. The summed E-state index contributed by atoms with van der Waals surface area (Å²) < 4.78 is 5.73. The molecule has 0 radical (unpaired) electrons. The molecule has 7 heteroatoms. The van der Waals surface area contributed by atoms with Crippen molar-refractivity contribution in [3.05, 3.63) is 35.4 Å². The summed E-state index contributed by atoms with van der Waals surface area (Å²) in [6, 6.07) is 6.24. The summed E-state index contributed by atoms with van der Waals surface area (Å²) in [5.41, 5.74) is 1.06. The second-order valence-corrected chi connectivity index (χ2v) is 8.21. The van der Waals surface area contributed by atoms with Crippen LogP contribution >= 0.6 is 11.8 Å². The van der Waals surface area contributed by atoms with Gasteiger partial charge in [0.25, 0.3) is 5.91 Å². The molecule has 1 aliphatic heterocycles. The summed E-state index contributed by atoms with van der Waals surface area (Å²) in [6.45, 7) is 8.04. The Morgan fingerprint density at radius 2 is 2.14 bits per heavy atom. The predicted molar refractivity (Wildman–Crippen MR) is 113 cm³/mol. The number of hydrogen-bond donors (Lipinski definition) is 0. The molecule has 152 valence electrons. The third kappa shape index (κ3) is 4.87. The highest BCUT2D eigenvalue weighted by molar-refractivity contribution is 7.98. The van der Waals surface area contributed by atoms with Gasteiger partial charge in [-0.05, 0) is 51.7 Å². The van der Waals surface area contributed by atoms with E-state index in [1.54, 1.807) is 29.8 Å². The zero-order valence-electron chi connectivity index (χ0n) is 17.3. The van der Waals surface area contributed by atoms with Gasteiger partial charge in [0.2, 0.25) is 0 Å². The SMILES string of the molecule is CCc1cc(N2CCCC[C@H]2C)nc(SCc2ccc(C(=O)N(C)CC)o2)n1. The molecule has 0 bridgehead atoms. The fourth-order valence-electron chi connectivity index (χ4n) is 3.33. The van der Waals surface area contributed by atoms with Crippen molar-refractivity contribution in [2.75, 3.05) is 25.0 Å². The van der Waals surface area contributed by atoms with Gasteiger partial charge in [-0.15, -0.1) is 0 Å². The van der Waals surface area contributed by atoms with Gasteiger partial charge in [-0.25, -0.2) is 9.97 Å². The maximum atomic E-state index is 12.2. The van der Waals surface area contributed by atoms with E-state index in [0.29, 0.717) is 24.1 Å². The molecule has 0 N–H and O–H groups in total. The van der Waals surface area contributed by atoms with Crippen molar-refractivity contribution in [1.82, 2.24) is 14.9 Å². The Labute approximate surface area is 171 Å². The van der Waals surface area contributed by atoms with E-state index in [1.165, 1.54) is 19.3 Å². The lowest BCUT2D eigenvalue weighted by Gasteiger charge is -2.34. The molecule has 0 saturated carbocycles. The maximum absolute atomic E-state index is 12.2. The minimum absolute atomic E-state index is 0.0932. The van der Waals surface area contributed by atoms with Gasteiger partial charge in [-0.2, -0.15) is 0 Å². The van der Waals surface area contributed by atoms with Crippen LogP contribution in [0, 0.1) is 0 Å². The van der Waals surface area contributed by atoms with Gasteiger partial charge >= 0.3 is 0 Å². The van der Waals surface area contributed by atoms with E-state index in [2.05, 4.69) is 29.8 Å². The van der Waals surface area contributed by atoms with Crippen LogP contribution in [0.1, 0.15) is 62.0 Å². The summed E-state index contributed by atoms with van der Waals surface area (Å²) in [7, 11) is 1.77. The van der Waals surface area contributed by atoms with Crippen LogP contribution in [0.25, 0.3) is 0 Å². The van der Waals surface area contributed by atoms with E-state index in [9.17, 15) is 4.79 Å². The number of aromatic nitrogens is 2. The number of furan rings is 1. The first-order chi connectivity index (χ1) is 13.5. The Kier molecular flexibility index (Phi) is 6.99. The van der Waals surface area contributed by atoms with Crippen LogP contribution in [-0.2, 0) is 12.2 Å². The normalized spacial score (nSPS) is 17.0. The second kappa shape index (κ2) is 9.45. The van der Waals surface area contributed by atoms with Crippen LogP contribution in [0.4, 0.5) is 5.82 Å². The van der Waals surface area contributed by atoms with Crippen molar-refractivity contribution in [2.45, 2.75) is 63.4 Å². The first kappa shape index (κ1) is 20.7. The number of amides is 1. The number of anilines is 1. The molecule has 0 spiro atoms. The third-order valence-electron chi connectivity index (χ3n) is 5.24. The highest BCUT2D eigenvalue weighted by Gasteiger charge is 2.21. The molecule has 1 amide bonds. The van der Waals surface area contributed by atoms with Gasteiger partial charge in [-0.3, -0.25) is 4.79 Å². The molecule has 2 aromatic rings. The lowest BCUT2D eigenvalue weighted by Crippen LogP contribution is -2.38. The Bertz CT molecular complexity index is 807. The molecule has 1 saturated heterocycles. The van der Waals surface area contributed by atoms with Crippen molar-refractivity contribution >= 4 is 23.5 Å². The predicted octanol–water partition coefficient (Wildman–Crippen LogP) is 4.40. The van der Waals surface area contributed by atoms with E-state index < -0.39 is 0 Å². The number of carbonyl (C=O) groups excluding carboxylic acids is 1. The lowest BCUT2D eigenvalue weighted by atomic mass is 10.0. The standard InChI is InChI=1S/C21H30N4O2S/c1-5-16-13-19(25-12-8-7-9-15(25)3)23-21(22-16)28-14-17-10-11-18(27-17)20(26)24(4)6-2/h10-11,13,15H,5-9,12,14H2,1-4H3/t15-/m1/s1. The zero-order valence-corrected chi connectivity index (χ0v) is 18.1. The first-order valence-corrected chi connectivity index (χ1v) is 11.1. The van der Waals surface area contributed by atoms with E-state index in [4.69, 9.17) is 9.40 Å². The largest absolute Gasteiger partial charge is 0.455 e. The first-order valence-electron chi connectivity index (χ1n) is 10.1. The molecular weight excluding hydrogens is 372 g/mol. The van der Waals surface area contributed by atoms with Crippen molar-refractivity contribution in [2.24, 2.45) is 0 Å². The maximum Gasteiger partial charge on any atom is 0.289 e. The lowest BCUT2D eigenvalue weighted by molar-refractivity contribution is 0.0769. The minimum Gasteiger partial charge on any atom is -0.455 e. The van der Waals surface area contributed by atoms with Crippen molar-refractivity contribution in [1.29, 1.82) is 0 Å². The van der Waals surface area contributed by atoms with E-state index in [-0.39, 0.29) is 5.91 Å². The van der Waals surface area contributed by atoms with Gasteiger partial charge in [-0.1, -0.05) is 18.7 Å². The number of rotatable bonds is 7. The van der Waals surface area contributed by atoms with Crippen LogP contribution in [-0.4, -0.2) is 47.0 Å². The molecule has 6 nitrogen and oxygen atoms in total. The topological polar surface area (TPSA) is 62.5 Å². The van der Waals surface area contributed by atoms with Gasteiger partial charge in [0.1, 0.15) is 11.6 Å². The third-order valence-corrected chi connectivity index (χ3v) is 6.11. The van der Waals surface area contributed by atoms with E-state index in [1.807, 2.05) is 13.0 Å². The average Bonchev–Trinajstić information content (AvgIpc) is 3.20. The van der Waals surface area contributed by atoms with Crippen LogP contribution < -0.4 is 4.90 Å². The highest BCUT2D eigenvalue weighted by Crippen LogP contribution is 2.27. The number of thioether (sulfide) groups is 1. The summed E-state index contributed by atoms with van der Waals surface area (Å²) in [4.78, 5) is 25.7. The van der Waals surface area contributed by atoms with Crippen LogP contribution in [0.5, 0.6) is 0 Å². The minimum atomic E-state index is -0.0932. The molecule has 3 rings (SSSR count). The zero-order chi connectivity index (χ0) is 20.1. The van der Waals surface area contributed by atoms with Gasteiger partial charge in [0.05, 0.1) is 5.75 Å². The Balaban J connectivity index is 1.71. The highest BCUT2D eigenvalue weighted by atomic mass is 32.2. The smallest absolute Gasteiger partial charge is 0.289 e. The number of nitrogens with zero attached hydrogens (tertiary/aromatic N) is 4. The monoisotopic (exact) mass is 402 g/mol. The molecule has 2 aromatic heterocycles. The number of piperidine rings is 1. The van der Waals surface area contributed by atoms with Crippen LogP contribution in [0.15, 0.2) is 27.8 Å². The van der Waals surface area contributed by atoms with Crippen LogP contribution in [0.2, 0.25) is 0 Å².